The zero-order valence-electron chi connectivity index (χ0n) is 14.8. The summed E-state index contributed by atoms with van der Waals surface area (Å²) in [5, 5.41) is 15.1. The maximum absolute atomic E-state index is 13.1. The summed E-state index contributed by atoms with van der Waals surface area (Å²) in [6, 6.07) is 8.21. The van der Waals surface area contributed by atoms with Crippen LogP contribution in [0.2, 0.25) is 0 Å². The standard InChI is InChI=1S/C18H17F3N4O2S/c1-2-24(8-9-26)17(27)15-22-16(14-7-4-10-28-14)25(23-15)13-6-3-5-12(11-13)18(19,20)21/h3-7,10-11,26H,2,8-9H2,1H3. The number of alkyl halides is 3. The van der Waals surface area contributed by atoms with E-state index in [1.165, 1.54) is 33.1 Å². The Morgan fingerprint density at radius 1 is 1.29 bits per heavy atom. The van der Waals surface area contributed by atoms with E-state index in [9.17, 15) is 18.0 Å². The summed E-state index contributed by atoms with van der Waals surface area (Å²) in [5.74, 6) is -0.367. The van der Waals surface area contributed by atoms with Crippen molar-refractivity contribution in [2.75, 3.05) is 19.7 Å². The molecule has 0 unspecified atom stereocenters. The molecular formula is C18H17F3N4O2S. The Morgan fingerprint density at radius 3 is 2.68 bits per heavy atom. The minimum atomic E-state index is -4.50. The molecule has 6 nitrogen and oxygen atoms in total. The van der Waals surface area contributed by atoms with Gasteiger partial charge in [-0.1, -0.05) is 12.1 Å². The number of amides is 1. The van der Waals surface area contributed by atoms with Crippen molar-refractivity contribution < 1.29 is 23.1 Å². The molecule has 0 saturated heterocycles. The highest BCUT2D eigenvalue weighted by Crippen LogP contribution is 2.32. The summed E-state index contributed by atoms with van der Waals surface area (Å²) in [6.07, 6.45) is -4.50. The number of carbonyl (C=O) groups excluding carboxylic acids is 1. The average Bonchev–Trinajstić information content (AvgIpc) is 3.34. The molecule has 2 heterocycles. The van der Waals surface area contributed by atoms with Crippen LogP contribution in [0.4, 0.5) is 13.2 Å². The number of hydrogen-bond acceptors (Lipinski definition) is 5. The third-order valence-electron chi connectivity index (χ3n) is 4.00. The van der Waals surface area contributed by atoms with Crippen molar-refractivity contribution >= 4 is 17.2 Å². The number of aliphatic hydroxyl groups excluding tert-OH is 1. The van der Waals surface area contributed by atoms with Gasteiger partial charge in [-0.2, -0.15) is 13.2 Å². The summed E-state index contributed by atoms with van der Waals surface area (Å²) >= 11 is 1.33. The van der Waals surface area contributed by atoms with E-state index in [2.05, 4.69) is 10.1 Å². The Labute approximate surface area is 162 Å². The predicted octanol–water partition coefficient (Wildman–Crippen LogP) is 3.47. The third kappa shape index (κ3) is 4.07. The lowest BCUT2D eigenvalue weighted by Gasteiger charge is -2.17. The number of halogens is 3. The minimum Gasteiger partial charge on any atom is -0.395 e. The van der Waals surface area contributed by atoms with Crippen LogP contribution in [-0.2, 0) is 6.18 Å². The SMILES string of the molecule is CCN(CCO)C(=O)c1nc(-c2cccs2)n(-c2cccc(C(F)(F)F)c2)n1. The van der Waals surface area contributed by atoms with Crippen LogP contribution in [0.3, 0.4) is 0 Å². The Morgan fingerprint density at radius 2 is 2.07 bits per heavy atom. The highest BCUT2D eigenvalue weighted by molar-refractivity contribution is 7.13. The maximum atomic E-state index is 13.1. The number of carbonyl (C=O) groups is 1. The van der Waals surface area contributed by atoms with E-state index in [1.807, 2.05) is 0 Å². The monoisotopic (exact) mass is 410 g/mol. The molecule has 0 bridgehead atoms. The molecule has 0 atom stereocenters. The highest BCUT2D eigenvalue weighted by Gasteiger charge is 2.31. The van der Waals surface area contributed by atoms with Crippen molar-refractivity contribution in [1.82, 2.24) is 19.7 Å². The Kier molecular flexibility index (Phi) is 5.80. The van der Waals surface area contributed by atoms with Gasteiger partial charge in [0.15, 0.2) is 5.82 Å². The molecule has 3 aromatic rings. The lowest BCUT2D eigenvalue weighted by molar-refractivity contribution is -0.137. The van der Waals surface area contributed by atoms with Gasteiger partial charge in [-0.05, 0) is 36.6 Å². The molecule has 10 heteroatoms. The molecule has 3 rings (SSSR count). The summed E-state index contributed by atoms with van der Waals surface area (Å²) < 4.78 is 40.5. The number of rotatable bonds is 6. The number of hydrogen-bond donors (Lipinski definition) is 1. The van der Waals surface area contributed by atoms with Crippen LogP contribution in [0.15, 0.2) is 41.8 Å². The maximum Gasteiger partial charge on any atom is 0.416 e. The summed E-state index contributed by atoms with van der Waals surface area (Å²) in [4.78, 5) is 19.0. The second-order valence-corrected chi connectivity index (χ2v) is 6.75. The van der Waals surface area contributed by atoms with Crippen LogP contribution in [0.5, 0.6) is 0 Å². The molecule has 1 N–H and O–H groups in total. The topological polar surface area (TPSA) is 71.2 Å². The van der Waals surface area contributed by atoms with Gasteiger partial charge in [0, 0.05) is 13.1 Å². The molecular weight excluding hydrogens is 393 g/mol. The van der Waals surface area contributed by atoms with E-state index >= 15 is 0 Å². The number of aromatic nitrogens is 3. The van der Waals surface area contributed by atoms with Crippen molar-refractivity contribution in [2.45, 2.75) is 13.1 Å². The molecule has 0 aliphatic heterocycles. The normalized spacial score (nSPS) is 11.6. The number of nitrogens with zero attached hydrogens (tertiary/aromatic N) is 4. The van der Waals surface area contributed by atoms with Crippen LogP contribution in [0.25, 0.3) is 16.4 Å². The Balaban J connectivity index is 2.10. The summed E-state index contributed by atoms with van der Waals surface area (Å²) in [7, 11) is 0. The third-order valence-corrected chi connectivity index (χ3v) is 4.86. The second-order valence-electron chi connectivity index (χ2n) is 5.80. The number of thiophene rings is 1. The quantitative estimate of drug-likeness (QED) is 0.676. The number of likely N-dealkylation sites (N-methyl/N-ethyl adjacent to an activating group) is 1. The lowest BCUT2D eigenvalue weighted by Crippen LogP contribution is -2.34. The molecule has 2 aromatic heterocycles. The predicted molar refractivity (Wildman–Crippen MR) is 98.3 cm³/mol. The zero-order valence-corrected chi connectivity index (χ0v) is 15.7. The summed E-state index contributed by atoms with van der Waals surface area (Å²) in [5.41, 5.74) is -0.670. The van der Waals surface area contributed by atoms with Gasteiger partial charge >= 0.3 is 6.18 Å². The van der Waals surface area contributed by atoms with Crippen molar-refractivity contribution in [2.24, 2.45) is 0 Å². The van der Waals surface area contributed by atoms with Crippen LogP contribution in [0, 0.1) is 0 Å². The van der Waals surface area contributed by atoms with Gasteiger partial charge in [0.25, 0.3) is 5.91 Å². The average molecular weight is 410 g/mol. The van der Waals surface area contributed by atoms with Crippen molar-refractivity contribution in [1.29, 1.82) is 0 Å². The molecule has 148 valence electrons. The van der Waals surface area contributed by atoms with Gasteiger partial charge in [-0.3, -0.25) is 4.79 Å². The van der Waals surface area contributed by atoms with E-state index in [0.29, 0.717) is 11.4 Å². The van der Waals surface area contributed by atoms with Gasteiger partial charge in [-0.15, -0.1) is 16.4 Å². The van der Waals surface area contributed by atoms with E-state index < -0.39 is 17.6 Å². The fraction of sp³-hybridized carbons (Fsp3) is 0.278. The van der Waals surface area contributed by atoms with E-state index in [0.717, 1.165) is 12.1 Å². The molecule has 0 aliphatic carbocycles. The van der Waals surface area contributed by atoms with Crippen LogP contribution < -0.4 is 0 Å². The van der Waals surface area contributed by atoms with Crippen LogP contribution in [0.1, 0.15) is 23.1 Å². The van der Waals surface area contributed by atoms with Gasteiger partial charge < -0.3 is 10.0 Å². The van der Waals surface area contributed by atoms with Crippen LogP contribution in [-0.4, -0.2) is 50.4 Å². The van der Waals surface area contributed by atoms with Gasteiger partial charge in [-0.25, -0.2) is 9.67 Å². The highest BCUT2D eigenvalue weighted by atomic mass is 32.1. The van der Waals surface area contributed by atoms with Gasteiger partial charge in [0.05, 0.1) is 22.7 Å². The smallest absolute Gasteiger partial charge is 0.395 e. The van der Waals surface area contributed by atoms with E-state index in [1.54, 1.807) is 24.4 Å². The molecule has 0 spiro atoms. The molecule has 1 aromatic carbocycles. The van der Waals surface area contributed by atoms with Gasteiger partial charge in [0.1, 0.15) is 0 Å². The number of aliphatic hydroxyl groups is 1. The van der Waals surface area contributed by atoms with Gasteiger partial charge in [0.2, 0.25) is 5.82 Å². The first-order valence-electron chi connectivity index (χ1n) is 8.44. The zero-order chi connectivity index (χ0) is 20.3. The fourth-order valence-corrected chi connectivity index (χ4v) is 3.33. The Hall–Kier alpha value is -2.72. The Bertz CT molecular complexity index is 954. The first kappa shape index (κ1) is 20.0. The lowest BCUT2D eigenvalue weighted by atomic mass is 10.2. The first-order chi connectivity index (χ1) is 13.3. The number of benzene rings is 1. The molecule has 0 radical (unpaired) electrons. The largest absolute Gasteiger partial charge is 0.416 e. The van der Waals surface area contributed by atoms with Crippen LogP contribution >= 0.6 is 11.3 Å². The molecule has 0 saturated carbocycles. The van der Waals surface area contributed by atoms with E-state index in [4.69, 9.17) is 5.11 Å². The fourth-order valence-electron chi connectivity index (χ4n) is 2.63. The molecule has 28 heavy (non-hydrogen) atoms. The van der Waals surface area contributed by atoms with Crippen molar-refractivity contribution in [3.63, 3.8) is 0 Å². The van der Waals surface area contributed by atoms with E-state index in [-0.39, 0.29) is 30.5 Å². The summed E-state index contributed by atoms with van der Waals surface area (Å²) in [6.45, 7) is 1.98. The first-order valence-corrected chi connectivity index (χ1v) is 9.31. The van der Waals surface area contributed by atoms with Crippen molar-refractivity contribution in [3.05, 3.63) is 53.2 Å². The second kappa shape index (κ2) is 8.11. The minimum absolute atomic E-state index is 0.113. The molecule has 0 fully saturated rings. The molecule has 1 amide bonds. The van der Waals surface area contributed by atoms with Crippen molar-refractivity contribution in [3.8, 4) is 16.4 Å². The molecule has 0 aliphatic rings.